The van der Waals surface area contributed by atoms with Gasteiger partial charge in [-0.1, -0.05) is 23.8 Å². The minimum Gasteiger partial charge on any atom is -0.379 e. The molecule has 1 aliphatic heterocycles. The fourth-order valence-electron chi connectivity index (χ4n) is 3.15. The standard InChI is InChI=1S/C18H24N2O3S2/c1-14-5-7-16(8-6-14)25(21,22)19-15(2)18(17-4-3-13-24-17)20-9-11-23-12-10-20/h3-8,13,15,18-19H,9-12H2,1-2H3/t15-,18+/m0/s1. The molecule has 1 saturated heterocycles. The highest BCUT2D eigenvalue weighted by Crippen LogP contribution is 2.29. The van der Waals surface area contributed by atoms with Gasteiger partial charge in [-0.2, -0.15) is 0 Å². The molecule has 5 nitrogen and oxygen atoms in total. The number of hydrogen-bond acceptors (Lipinski definition) is 5. The summed E-state index contributed by atoms with van der Waals surface area (Å²) < 4.78 is 33.8. The van der Waals surface area contributed by atoms with Crippen molar-refractivity contribution in [2.24, 2.45) is 0 Å². The molecular weight excluding hydrogens is 356 g/mol. The van der Waals surface area contributed by atoms with Crippen molar-refractivity contribution in [2.75, 3.05) is 26.3 Å². The zero-order valence-electron chi connectivity index (χ0n) is 14.5. The molecule has 1 aliphatic rings. The van der Waals surface area contributed by atoms with Crippen molar-refractivity contribution in [3.63, 3.8) is 0 Å². The zero-order chi connectivity index (χ0) is 17.9. The number of sulfonamides is 1. The molecular formula is C18H24N2O3S2. The lowest BCUT2D eigenvalue weighted by atomic mass is 10.1. The molecule has 136 valence electrons. The highest BCUT2D eigenvalue weighted by molar-refractivity contribution is 7.89. The van der Waals surface area contributed by atoms with Gasteiger partial charge >= 0.3 is 0 Å². The minimum absolute atomic E-state index is 0.00382. The zero-order valence-corrected chi connectivity index (χ0v) is 16.1. The van der Waals surface area contributed by atoms with Crippen molar-refractivity contribution in [3.05, 3.63) is 52.2 Å². The van der Waals surface area contributed by atoms with Crippen LogP contribution >= 0.6 is 11.3 Å². The van der Waals surface area contributed by atoms with Crippen molar-refractivity contribution in [3.8, 4) is 0 Å². The molecule has 25 heavy (non-hydrogen) atoms. The van der Waals surface area contributed by atoms with Crippen molar-refractivity contribution < 1.29 is 13.2 Å². The van der Waals surface area contributed by atoms with E-state index in [2.05, 4.69) is 15.7 Å². The summed E-state index contributed by atoms with van der Waals surface area (Å²) >= 11 is 1.66. The summed E-state index contributed by atoms with van der Waals surface area (Å²) in [6, 6.07) is 10.8. The second-order valence-electron chi connectivity index (χ2n) is 6.33. The minimum atomic E-state index is -3.55. The fourth-order valence-corrected chi connectivity index (χ4v) is 5.37. The van der Waals surface area contributed by atoms with E-state index in [4.69, 9.17) is 4.74 Å². The predicted molar refractivity (Wildman–Crippen MR) is 100 cm³/mol. The molecule has 0 radical (unpaired) electrons. The molecule has 7 heteroatoms. The van der Waals surface area contributed by atoms with Gasteiger partial charge in [-0.15, -0.1) is 11.3 Å². The van der Waals surface area contributed by atoms with Crippen LogP contribution in [0.5, 0.6) is 0 Å². The van der Waals surface area contributed by atoms with E-state index in [1.54, 1.807) is 23.5 Å². The van der Waals surface area contributed by atoms with E-state index in [0.29, 0.717) is 18.1 Å². The summed E-state index contributed by atoms with van der Waals surface area (Å²) in [7, 11) is -3.55. The predicted octanol–water partition coefficient (Wildman–Crippen LogP) is 2.80. The first-order valence-corrected chi connectivity index (χ1v) is 10.8. The normalized spacial score (nSPS) is 18.8. The Bertz CT molecular complexity index is 767. The van der Waals surface area contributed by atoms with Gasteiger partial charge in [0, 0.05) is 24.0 Å². The van der Waals surface area contributed by atoms with Crippen molar-refractivity contribution in [1.82, 2.24) is 9.62 Å². The smallest absolute Gasteiger partial charge is 0.240 e. The van der Waals surface area contributed by atoms with Gasteiger partial charge in [0.2, 0.25) is 10.0 Å². The maximum atomic E-state index is 12.8. The van der Waals surface area contributed by atoms with E-state index in [1.807, 2.05) is 37.4 Å². The first-order chi connectivity index (χ1) is 12.0. The Morgan fingerprint density at radius 2 is 1.84 bits per heavy atom. The summed E-state index contributed by atoms with van der Waals surface area (Å²) in [5, 5.41) is 2.03. The Morgan fingerprint density at radius 3 is 2.44 bits per heavy atom. The third-order valence-corrected chi connectivity index (χ3v) is 6.94. The number of morpholine rings is 1. The third kappa shape index (κ3) is 4.48. The molecule has 0 amide bonds. The van der Waals surface area contributed by atoms with Gasteiger partial charge in [-0.3, -0.25) is 4.90 Å². The van der Waals surface area contributed by atoms with Crippen LogP contribution in [0.2, 0.25) is 0 Å². The van der Waals surface area contributed by atoms with Crippen LogP contribution in [0.1, 0.15) is 23.4 Å². The Hall–Kier alpha value is -1.25. The molecule has 2 heterocycles. The number of benzene rings is 1. The molecule has 2 aromatic rings. The second kappa shape index (κ2) is 7.97. The maximum absolute atomic E-state index is 12.8. The molecule has 1 aromatic carbocycles. The lowest BCUT2D eigenvalue weighted by Crippen LogP contribution is -2.48. The molecule has 0 unspecified atom stereocenters. The number of nitrogens with zero attached hydrogens (tertiary/aromatic N) is 1. The largest absolute Gasteiger partial charge is 0.379 e. The lowest BCUT2D eigenvalue weighted by molar-refractivity contribution is 0.0113. The van der Waals surface area contributed by atoms with Crippen molar-refractivity contribution in [1.29, 1.82) is 0 Å². The second-order valence-corrected chi connectivity index (χ2v) is 9.02. The molecule has 1 aromatic heterocycles. The molecule has 0 saturated carbocycles. The average Bonchev–Trinajstić information content (AvgIpc) is 3.10. The summed E-state index contributed by atoms with van der Waals surface area (Å²) in [4.78, 5) is 3.77. The summed E-state index contributed by atoms with van der Waals surface area (Å²) in [6.45, 7) is 6.85. The van der Waals surface area contributed by atoms with E-state index < -0.39 is 10.0 Å². The van der Waals surface area contributed by atoms with Gasteiger partial charge in [0.25, 0.3) is 0 Å². The molecule has 0 bridgehead atoms. The first-order valence-electron chi connectivity index (χ1n) is 8.41. The van der Waals surface area contributed by atoms with Crippen LogP contribution in [0.3, 0.4) is 0 Å². The van der Waals surface area contributed by atoms with E-state index in [0.717, 1.165) is 18.7 Å². The topological polar surface area (TPSA) is 58.6 Å². The van der Waals surface area contributed by atoms with Gasteiger partial charge in [0.05, 0.1) is 24.2 Å². The molecule has 0 spiro atoms. The van der Waals surface area contributed by atoms with E-state index in [9.17, 15) is 8.42 Å². The summed E-state index contributed by atoms with van der Waals surface area (Å²) in [5.74, 6) is 0. The Labute approximate surface area is 153 Å². The first kappa shape index (κ1) is 18.5. The SMILES string of the molecule is Cc1ccc(S(=O)(=O)N[C@@H](C)[C@H](c2cccs2)N2CCOCC2)cc1. The number of rotatable bonds is 6. The number of aryl methyl sites for hydroxylation is 1. The molecule has 0 aliphatic carbocycles. The quantitative estimate of drug-likeness (QED) is 0.837. The van der Waals surface area contributed by atoms with E-state index in [1.165, 1.54) is 4.88 Å². The number of ether oxygens (including phenoxy) is 1. The maximum Gasteiger partial charge on any atom is 0.240 e. The summed E-state index contributed by atoms with van der Waals surface area (Å²) in [5.41, 5.74) is 1.04. The highest BCUT2D eigenvalue weighted by Gasteiger charge is 2.31. The van der Waals surface area contributed by atoms with Crippen LogP contribution in [-0.2, 0) is 14.8 Å². The van der Waals surface area contributed by atoms with Crippen LogP contribution in [-0.4, -0.2) is 45.7 Å². The van der Waals surface area contributed by atoms with Crippen LogP contribution in [0.4, 0.5) is 0 Å². The van der Waals surface area contributed by atoms with Crippen LogP contribution < -0.4 is 4.72 Å². The van der Waals surface area contributed by atoms with Crippen molar-refractivity contribution >= 4 is 21.4 Å². The Morgan fingerprint density at radius 1 is 1.16 bits per heavy atom. The number of thiophene rings is 1. The van der Waals surface area contributed by atoms with Crippen LogP contribution in [0.25, 0.3) is 0 Å². The van der Waals surface area contributed by atoms with Gasteiger partial charge in [-0.05, 0) is 37.4 Å². The number of nitrogens with one attached hydrogen (secondary N) is 1. The molecule has 3 rings (SSSR count). The van der Waals surface area contributed by atoms with E-state index >= 15 is 0 Å². The van der Waals surface area contributed by atoms with Crippen LogP contribution in [0, 0.1) is 6.92 Å². The van der Waals surface area contributed by atoms with Gasteiger partial charge in [0.1, 0.15) is 0 Å². The van der Waals surface area contributed by atoms with Gasteiger partial charge in [-0.25, -0.2) is 13.1 Å². The van der Waals surface area contributed by atoms with E-state index in [-0.39, 0.29) is 12.1 Å². The Kier molecular flexibility index (Phi) is 5.91. The molecule has 2 atom stereocenters. The lowest BCUT2D eigenvalue weighted by Gasteiger charge is -2.37. The van der Waals surface area contributed by atoms with Gasteiger partial charge in [0.15, 0.2) is 0 Å². The monoisotopic (exact) mass is 380 g/mol. The fraction of sp³-hybridized carbons (Fsp3) is 0.444. The van der Waals surface area contributed by atoms with Crippen LogP contribution in [0.15, 0.2) is 46.7 Å². The molecule has 1 N–H and O–H groups in total. The van der Waals surface area contributed by atoms with Crippen molar-refractivity contribution in [2.45, 2.75) is 30.8 Å². The summed E-state index contributed by atoms with van der Waals surface area (Å²) in [6.07, 6.45) is 0. The van der Waals surface area contributed by atoms with Gasteiger partial charge < -0.3 is 4.74 Å². The highest BCUT2D eigenvalue weighted by atomic mass is 32.2. The molecule has 1 fully saturated rings. The Balaban J connectivity index is 1.82. The average molecular weight is 381 g/mol. The third-order valence-electron chi connectivity index (χ3n) is 4.42. The number of hydrogen-bond donors (Lipinski definition) is 1.